The van der Waals surface area contributed by atoms with E-state index in [1.807, 2.05) is 6.92 Å². The molecular weight excluding hydrogens is 188 g/mol. The number of hydrogen-bond donors (Lipinski definition) is 0. The minimum Gasteiger partial charge on any atom is -0.363 e. The second kappa shape index (κ2) is 3.85. The third kappa shape index (κ3) is 1.87. The summed E-state index contributed by atoms with van der Waals surface area (Å²) in [6.45, 7) is 2.59. The first-order valence-corrected chi connectivity index (χ1v) is 5.01. The Balaban J connectivity index is 1.98. The summed E-state index contributed by atoms with van der Waals surface area (Å²) in [5.41, 5.74) is 2.72. The van der Waals surface area contributed by atoms with E-state index in [4.69, 9.17) is 9.57 Å². The molecule has 0 saturated carbocycles. The van der Waals surface area contributed by atoms with Crippen LogP contribution in [0.2, 0.25) is 0 Å². The smallest absolute Gasteiger partial charge is 0.232 e. The van der Waals surface area contributed by atoms with Gasteiger partial charge in [-0.3, -0.25) is 4.98 Å². The first kappa shape index (κ1) is 8.65. The predicted molar refractivity (Wildman–Crippen MR) is 49.8 cm³/mol. The van der Waals surface area contributed by atoms with E-state index in [1.54, 1.807) is 23.0 Å². The minimum atomic E-state index is -0.206. The van der Waals surface area contributed by atoms with Gasteiger partial charge in [0.15, 0.2) is 0 Å². The fourth-order valence-electron chi connectivity index (χ4n) is 1.13. The number of ether oxygens (including phenoxy) is 1. The molecule has 0 saturated heterocycles. The quantitative estimate of drug-likeness (QED) is 0.741. The number of nitrogens with zero attached hydrogens (tertiary/aromatic N) is 2. The molecule has 0 bridgehead atoms. The van der Waals surface area contributed by atoms with Crippen LogP contribution in [0.25, 0.3) is 0 Å². The Morgan fingerprint density at radius 3 is 3.38 bits per heavy atom. The minimum absolute atomic E-state index is 0.206. The van der Waals surface area contributed by atoms with Crippen molar-refractivity contribution in [1.82, 2.24) is 4.98 Å². The largest absolute Gasteiger partial charge is 0.363 e. The van der Waals surface area contributed by atoms with Gasteiger partial charge in [0.05, 0.1) is 16.8 Å². The summed E-state index contributed by atoms with van der Waals surface area (Å²) in [7, 11) is 0. The van der Waals surface area contributed by atoms with Gasteiger partial charge in [-0.05, 0) is 6.92 Å². The van der Waals surface area contributed by atoms with Crippen LogP contribution in [0, 0.1) is 0 Å². The van der Waals surface area contributed by atoms with Crippen molar-refractivity contribution in [3.63, 3.8) is 0 Å². The highest BCUT2D eigenvalue weighted by Crippen LogP contribution is 2.19. The zero-order valence-electron chi connectivity index (χ0n) is 7.27. The van der Waals surface area contributed by atoms with Crippen LogP contribution in [0.15, 0.2) is 16.9 Å². The summed E-state index contributed by atoms with van der Waals surface area (Å²) in [5, 5.41) is 3.94. The first-order valence-electron chi connectivity index (χ1n) is 4.13. The molecule has 0 fully saturated rings. The predicted octanol–water partition coefficient (Wildman–Crippen LogP) is 1.63. The molecule has 0 aromatic carbocycles. The Morgan fingerprint density at radius 1 is 1.77 bits per heavy atom. The summed E-state index contributed by atoms with van der Waals surface area (Å²) in [4.78, 5) is 10.1. The van der Waals surface area contributed by atoms with Gasteiger partial charge in [-0.1, -0.05) is 5.16 Å². The van der Waals surface area contributed by atoms with Crippen molar-refractivity contribution in [2.75, 3.05) is 6.61 Å². The normalized spacial score (nSPS) is 21.3. The van der Waals surface area contributed by atoms with E-state index in [0.717, 1.165) is 17.0 Å². The van der Waals surface area contributed by atoms with E-state index in [0.29, 0.717) is 6.61 Å². The third-order valence-corrected chi connectivity index (χ3v) is 2.53. The zero-order chi connectivity index (χ0) is 9.10. The Kier molecular flexibility index (Phi) is 2.56. The lowest BCUT2D eigenvalue weighted by atomic mass is 10.2. The maximum absolute atomic E-state index is 5.28. The molecule has 0 N–H and O–H groups in total. The molecule has 1 aliphatic rings. The molecule has 0 amide bonds. The Labute approximate surface area is 80.2 Å². The molecule has 0 radical (unpaired) electrons. The third-order valence-electron chi connectivity index (χ3n) is 1.71. The van der Waals surface area contributed by atoms with Crippen LogP contribution in [-0.4, -0.2) is 23.6 Å². The van der Waals surface area contributed by atoms with Crippen molar-refractivity contribution in [2.45, 2.75) is 19.6 Å². The number of rotatable bonds is 3. The van der Waals surface area contributed by atoms with Gasteiger partial charge in [0.2, 0.25) is 6.29 Å². The van der Waals surface area contributed by atoms with E-state index in [9.17, 15) is 0 Å². The van der Waals surface area contributed by atoms with Gasteiger partial charge < -0.3 is 9.57 Å². The molecule has 0 aliphatic carbocycles. The van der Waals surface area contributed by atoms with Crippen LogP contribution in [0.3, 0.4) is 0 Å². The van der Waals surface area contributed by atoms with E-state index in [-0.39, 0.29) is 6.29 Å². The second-order valence-corrected chi connectivity index (χ2v) is 3.48. The number of aromatic nitrogens is 1. The van der Waals surface area contributed by atoms with Gasteiger partial charge in [-0.15, -0.1) is 11.3 Å². The number of thiazole rings is 1. The van der Waals surface area contributed by atoms with Gasteiger partial charge in [0, 0.05) is 12.8 Å². The highest BCUT2D eigenvalue weighted by molar-refractivity contribution is 7.11. The molecule has 1 aromatic rings. The van der Waals surface area contributed by atoms with E-state index in [2.05, 4.69) is 10.1 Å². The van der Waals surface area contributed by atoms with Crippen molar-refractivity contribution in [2.24, 2.45) is 5.16 Å². The standard InChI is InChI=1S/C8H10N2O2S/c1-2-11-8-3-6(10-12-8)7-4-9-5-13-7/h4-5,8H,2-3H2,1H3. The molecule has 1 aromatic heterocycles. The van der Waals surface area contributed by atoms with Crippen molar-refractivity contribution in [3.8, 4) is 0 Å². The van der Waals surface area contributed by atoms with Crippen LogP contribution in [0.4, 0.5) is 0 Å². The topological polar surface area (TPSA) is 43.7 Å². The average Bonchev–Trinajstić information content (AvgIpc) is 2.70. The maximum atomic E-state index is 5.28. The Bertz CT molecular complexity index is 297. The molecule has 2 rings (SSSR count). The van der Waals surface area contributed by atoms with Gasteiger partial charge in [-0.2, -0.15) is 0 Å². The SMILES string of the molecule is CCOC1CC(c2cncs2)=NO1. The van der Waals surface area contributed by atoms with Gasteiger partial charge in [0.25, 0.3) is 0 Å². The molecule has 5 heteroatoms. The second-order valence-electron chi connectivity index (χ2n) is 2.60. The zero-order valence-corrected chi connectivity index (χ0v) is 8.08. The molecule has 13 heavy (non-hydrogen) atoms. The van der Waals surface area contributed by atoms with Gasteiger partial charge in [0.1, 0.15) is 5.71 Å². The van der Waals surface area contributed by atoms with Gasteiger partial charge >= 0.3 is 0 Å². The van der Waals surface area contributed by atoms with Gasteiger partial charge in [-0.25, -0.2) is 0 Å². The molecule has 4 nitrogen and oxygen atoms in total. The van der Waals surface area contributed by atoms with E-state index in [1.165, 1.54) is 0 Å². The monoisotopic (exact) mass is 198 g/mol. The van der Waals surface area contributed by atoms with Crippen molar-refractivity contribution in [1.29, 1.82) is 0 Å². The highest BCUT2D eigenvalue weighted by atomic mass is 32.1. The summed E-state index contributed by atoms with van der Waals surface area (Å²) in [6, 6.07) is 0. The molecule has 70 valence electrons. The molecule has 1 atom stereocenters. The van der Waals surface area contributed by atoms with E-state index < -0.39 is 0 Å². The number of hydrogen-bond acceptors (Lipinski definition) is 5. The van der Waals surface area contributed by atoms with Crippen molar-refractivity contribution >= 4 is 17.0 Å². The van der Waals surface area contributed by atoms with E-state index >= 15 is 0 Å². The number of oxime groups is 1. The molecule has 1 aliphatic heterocycles. The van der Waals surface area contributed by atoms with Crippen LogP contribution in [-0.2, 0) is 9.57 Å². The van der Waals surface area contributed by atoms with Crippen LogP contribution in [0.1, 0.15) is 18.2 Å². The molecule has 0 spiro atoms. The average molecular weight is 198 g/mol. The highest BCUT2D eigenvalue weighted by Gasteiger charge is 2.22. The fourth-order valence-corrected chi connectivity index (χ4v) is 1.75. The van der Waals surface area contributed by atoms with Crippen LogP contribution >= 0.6 is 11.3 Å². The lowest BCUT2D eigenvalue weighted by molar-refractivity contribution is -0.120. The summed E-state index contributed by atoms with van der Waals surface area (Å²) < 4.78 is 5.28. The van der Waals surface area contributed by atoms with Crippen molar-refractivity contribution in [3.05, 3.63) is 16.6 Å². The molecule has 2 heterocycles. The summed E-state index contributed by atoms with van der Waals surface area (Å²) in [6.07, 6.45) is 2.30. The lowest BCUT2D eigenvalue weighted by Gasteiger charge is -2.05. The lowest BCUT2D eigenvalue weighted by Crippen LogP contribution is -2.12. The van der Waals surface area contributed by atoms with Crippen LogP contribution < -0.4 is 0 Å². The Hall–Kier alpha value is -0.940. The van der Waals surface area contributed by atoms with Crippen LogP contribution in [0.5, 0.6) is 0 Å². The summed E-state index contributed by atoms with van der Waals surface area (Å²) >= 11 is 1.56. The summed E-state index contributed by atoms with van der Waals surface area (Å²) in [5.74, 6) is 0. The molecule has 1 unspecified atom stereocenters. The van der Waals surface area contributed by atoms with Crippen molar-refractivity contribution < 1.29 is 9.57 Å². The first-order chi connectivity index (χ1) is 6.40. The Morgan fingerprint density at radius 2 is 2.69 bits per heavy atom. The fraction of sp³-hybridized carbons (Fsp3) is 0.500. The molecular formula is C8H10N2O2S. The maximum Gasteiger partial charge on any atom is 0.232 e.